The molecule has 0 bridgehead atoms. The maximum absolute atomic E-state index is 11.6. The molecule has 1 unspecified atom stereocenters. The standard InChI is InChI=1S/C12H24N2O3/c1-12(13-2,11(15)16-3)5-4-6-14-7-9-17-10-8-14/h13H,4-10H2,1-3H3. The molecule has 1 fully saturated rings. The molecule has 0 amide bonds. The van der Waals surface area contributed by atoms with Gasteiger partial charge < -0.3 is 14.8 Å². The van der Waals surface area contributed by atoms with Crippen molar-refractivity contribution in [2.45, 2.75) is 25.3 Å². The molecule has 0 aromatic carbocycles. The molecule has 1 heterocycles. The van der Waals surface area contributed by atoms with Crippen LogP contribution in [-0.2, 0) is 14.3 Å². The lowest BCUT2D eigenvalue weighted by Gasteiger charge is -2.29. The lowest BCUT2D eigenvalue weighted by Crippen LogP contribution is -2.49. The molecular formula is C12H24N2O3. The van der Waals surface area contributed by atoms with Crippen molar-refractivity contribution in [2.24, 2.45) is 0 Å². The Morgan fingerprint density at radius 1 is 1.47 bits per heavy atom. The lowest BCUT2D eigenvalue weighted by atomic mass is 9.96. The fraction of sp³-hybridized carbons (Fsp3) is 0.917. The molecule has 1 aliphatic rings. The van der Waals surface area contributed by atoms with Crippen LogP contribution in [0.25, 0.3) is 0 Å². The number of hydrogen-bond acceptors (Lipinski definition) is 5. The smallest absolute Gasteiger partial charge is 0.325 e. The largest absolute Gasteiger partial charge is 0.468 e. The van der Waals surface area contributed by atoms with Crippen LogP contribution >= 0.6 is 0 Å². The van der Waals surface area contributed by atoms with Crippen molar-refractivity contribution < 1.29 is 14.3 Å². The quantitative estimate of drug-likeness (QED) is 0.679. The number of carbonyl (C=O) groups excluding carboxylic acids is 1. The van der Waals surface area contributed by atoms with Gasteiger partial charge in [-0.05, 0) is 33.4 Å². The molecule has 17 heavy (non-hydrogen) atoms. The Morgan fingerprint density at radius 3 is 2.65 bits per heavy atom. The van der Waals surface area contributed by atoms with Crippen molar-refractivity contribution in [3.05, 3.63) is 0 Å². The molecule has 1 N–H and O–H groups in total. The minimum absolute atomic E-state index is 0.193. The predicted molar refractivity (Wildman–Crippen MR) is 66.0 cm³/mol. The summed E-state index contributed by atoms with van der Waals surface area (Å²) in [5.74, 6) is -0.193. The van der Waals surface area contributed by atoms with Gasteiger partial charge in [0.2, 0.25) is 0 Å². The van der Waals surface area contributed by atoms with E-state index in [-0.39, 0.29) is 5.97 Å². The van der Waals surface area contributed by atoms with Crippen LogP contribution in [0.2, 0.25) is 0 Å². The van der Waals surface area contributed by atoms with Gasteiger partial charge in [0.1, 0.15) is 5.54 Å². The second-order valence-corrected chi connectivity index (χ2v) is 4.63. The number of methoxy groups -OCH3 is 1. The summed E-state index contributed by atoms with van der Waals surface area (Å²) in [6.45, 7) is 6.53. The van der Waals surface area contributed by atoms with Gasteiger partial charge in [0.05, 0.1) is 20.3 Å². The number of rotatable bonds is 6. The lowest BCUT2D eigenvalue weighted by molar-refractivity contribution is -0.148. The number of esters is 1. The normalized spacial score (nSPS) is 20.9. The summed E-state index contributed by atoms with van der Waals surface area (Å²) in [5.41, 5.74) is -0.568. The van der Waals surface area contributed by atoms with E-state index in [1.54, 1.807) is 7.05 Å². The number of morpholine rings is 1. The second kappa shape index (κ2) is 6.93. The van der Waals surface area contributed by atoms with E-state index >= 15 is 0 Å². The zero-order chi connectivity index (χ0) is 12.7. The first kappa shape index (κ1) is 14.4. The van der Waals surface area contributed by atoms with Gasteiger partial charge in [0.25, 0.3) is 0 Å². The molecule has 100 valence electrons. The van der Waals surface area contributed by atoms with Crippen LogP contribution in [0, 0.1) is 0 Å². The van der Waals surface area contributed by atoms with Crippen LogP contribution < -0.4 is 5.32 Å². The third-order valence-corrected chi connectivity index (χ3v) is 3.44. The number of carbonyl (C=O) groups is 1. The molecule has 0 saturated carbocycles. The summed E-state index contributed by atoms with van der Waals surface area (Å²) < 4.78 is 10.1. The molecular weight excluding hydrogens is 220 g/mol. The minimum Gasteiger partial charge on any atom is -0.468 e. The van der Waals surface area contributed by atoms with Gasteiger partial charge in [-0.25, -0.2) is 0 Å². The third kappa shape index (κ3) is 4.26. The number of nitrogens with one attached hydrogen (secondary N) is 1. The molecule has 0 aliphatic carbocycles. The zero-order valence-electron chi connectivity index (χ0n) is 11.1. The summed E-state index contributed by atoms with van der Waals surface area (Å²) >= 11 is 0. The Bertz CT molecular complexity index is 242. The molecule has 1 rings (SSSR count). The maximum Gasteiger partial charge on any atom is 0.325 e. The van der Waals surface area contributed by atoms with Gasteiger partial charge in [0, 0.05) is 13.1 Å². The van der Waals surface area contributed by atoms with Crippen molar-refractivity contribution in [2.75, 3.05) is 47.0 Å². The highest BCUT2D eigenvalue weighted by Gasteiger charge is 2.31. The van der Waals surface area contributed by atoms with Gasteiger partial charge in [-0.1, -0.05) is 0 Å². The summed E-state index contributed by atoms with van der Waals surface area (Å²) in [6.07, 6.45) is 1.76. The van der Waals surface area contributed by atoms with E-state index in [1.165, 1.54) is 7.11 Å². The van der Waals surface area contributed by atoms with Crippen LogP contribution in [0.1, 0.15) is 19.8 Å². The highest BCUT2D eigenvalue weighted by Crippen LogP contribution is 2.14. The third-order valence-electron chi connectivity index (χ3n) is 3.44. The fourth-order valence-electron chi connectivity index (χ4n) is 2.04. The molecule has 1 atom stereocenters. The summed E-state index contributed by atoms with van der Waals surface area (Å²) in [4.78, 5) is 14.0. The maximum atomic E-state index is 11.6. The second-order valence-electron chi connectivity index (χ2n) is 4.63. The summed E-state index contributed by atoms with van der Waals surface area (Å²) in [6, 6.07) is 0. The molecule has 5 heteroatoms. The highest BCUT2D eigenvalue weighted by atomic mass is 16.5. The molecule has 0 radical (unpaired) electrons. The van der Waals surface area contributed by atoms with Crippen LogP contribution in [0.5, 0.6) is 0 Å². The summed E-state index contributed by atoms with van der Waals surface area (Å²) in [5, 5.41) is 3.05. The van der Waals surface area contributed by atoms with Gasteiger partial charge in [-0.15, -0.1) is 0 Å². The minimum atomic E-state index is -0.568. The Hall–Kier alpha value is -0.650. The van der Waals surface area contributed by atoms with E-state index in [0.29, 0.717) is 0 Å². The van der Waals surface area contributed by atoms with Crippen molar-refractivity contribution >= 4 is 5.97 Å². The van der Waals surface area contributed by atoms with E-state index in [4.69, 9.17) is 9.47 Å². The summed E-state index contributed by atoms with van der Waals surface area (Å²) in [7, 11) is 3.23. The molecule has 1 aliphatic heterocycles. The van der Waals surface area contributed by atoms with Gasteiger partial charge in [-0.2, -0.15) is 0 Å². The van der Waals surface area contributed by atoms with Crippen molar-refractivity contribution in [1.29, 1.82) is 0 Å². The van der Waals surface area contributed by atoms with Crippen molar-refractivity contribution in [3.63, 3.8) is 0 Å². The number of ether oxygens (including phenoxy) is 2. The Labute approximate surface area is 103 Å². The molecule has 0 aromatic rings. The van der Waals surface area contributed by atoms with Crippen LogP contribution in [0.15, 0.2) is 0 Å². The zero-order valence-corrected chi connectivity index (χ0v) is 11.1. The van der Waals surface area contributed by atoms with Gasteiger partial charge in [0.15, 0.2) is 0 Å². The Morgan fingerprint density at radius 2 is 2.12 bits per heavy atom. The van der Waals surface area contributed by atoms with Crippen molar-refractivity contribution in [1.82, 2.24) is 10.2 Å². The monoisotopic (exact) mass is 244 g/mol. The van der Waals surface area contributed by atoms with E-state index in [0.717, 1.165) is 45.7 Å². The van der Waals surface area contributed by atoms with Gasteiger partial charge >= 0.3 is 5.97 Å². The first-order valence-corrected chi connectivity index (χ1v) is 6.20. The first-order chi connectivity index (χ1) is 8.12. The van der Waals surface area contributed by atoms with E-state index in [9.17, 15) is 4.79 Å². The van der Waals surface area contributed by atoms with E-state index < -0.39 is 5.54 Å². The van der Waals surface area contributed by atoms with E-state index in [1.807, 2.05) is 6.92 Å². The molecule has 0 spiro atoms. The Kier molecular flexibility index (Phi) is 5.88. The molecule has 0 aromatic heterocycles. The number of hydrogen-bond donors (Lipinski definition) is 1. The van der Waals surface area contributed by atoms with Crippen molar-refractivity contribution in [3.8, 4) is 0 Å². The van der Waals surface area contributed by atoms with Crippen LogP contribution in [0.3, 0.4) is 0 Å². The van der Waals surface area contributed by atoms with Gasteiger partial charge in [-0.3, -0.25) is 9.69 Å². The van der Waals surface area contributed by atoms with Crippen LogP contribution in [-0.4, -0.2) is 63.4 Å². The number of likely N-dealkylation sites (N-methyl/N-ethyl adjacent to an activating group) is 1. The average Bonchev–Trinajstić information content (AvgIpc) is 2.38. The topological polar surface area (TPSA) is 50.8 Å². The SMILES string of the molecule is CNC(C)(CCCN1CCOCC1)C(=O)OC. The average molecular weight is 244 g/mol. The Balaban J connectivity index is 2.29. The predicted octanol–water partition coefficient (Wildman–Crippen LogP) is 0.250. The molecule has 1 saturated heterocycles. The highest BCUT2D eigenvalue weighted by molar-refractivity contribution is 5.80. The van der Waals surface area contributed by atoms with Crippen LogP contribution in [0.4, 0.5) is 0 Å². The fourth-order valence-corrected chi connectivity index (χ4v) is 2.04. The number of nitrogens with zero attached hydrogens (tertiary/aromatic N) is 1. The van der Waals surface area contributed by atoms with E-state index in [2.05, 4.69) is 10.2 Å². The molecule has 5 nitrogen and oxygen atoms in total. The first-order valence-electron chi connectivity index (χ1n) is 6.20.